The highest BCUT2D eigenvalue weighted by atomic mass is 32.2. The van der Waals surface area contributed by atoms with Crippen LogP contribution in [-0.2, 0) is 14.4 Å². The Kier molecular flexibility index (Phi) is 5.77. The van der Waals surface area contributed by atoms with E-state index in [1.54, 1.807) is 30.0 Å². The molecule has 2 aromatic rings. The average Bonchev–Trinajstić information content (AvgIpc) is 3.27. The molecule has 3 amide bonds. The number of likely N-dealkylation sites (tertiary alicyclic amines) is 1. The third kappa shape index (κ3) is 3.67. The number of carbonyl (C=O) groups is 3. The summed E-state index contributed by atoms with van der Waals surface area (Å²) in [5.41, 5.74) is 1.73. The molecule has 3 unspecified atom stereocenters. The van der Waals surface area contributed by atoms with Crippen LogP contribution < -0.4 is 5.32 Å². The van der Waals surface area contributed by atoms with Crippen molar-refractivity contribution in [3.05, 3.63) is 23.8 Å². The molecule has 1 saturated carbocycles. The first kappa shape index (κ1) is 20.4. The third-order valence-electron chi connectivity index (χ3n) is 5.94. The molecular formula is C21H23N5O3S. The standard InChI is InChI=1S/C21H23N5O3S/c1-30-9-8-17(26-19(28)13-4-2-3-5-14(13)20(26)29)18(27)25-21-23-15-7-6-12(11-22)10-16(15)24-21/h6-7,10,13-14,17H,2-5,8-9H2,1H3,(H2,23,24,25,27). The summed E-state index contributed by atoms with van der Waals surface area (Å²) in [7, 11) is 0. The molecule has 2 N–H and O–H groups in total. The third-order valence-corrected chi connectivity index (χ3v) is 6.58. The maximum Gasteiger partial charge on any atom is 0.250 e. The minimum atomic E-state index is -0.856. The minimum absolute atomic E-state index is 0.214. The molecule has 0 spiro atoms. The number of aromatic amines is 1. The van der Waals surface area contributed by atoms with Crippen molar-refractivity contribution in [2.75, 3.05) is 17.3 Å². The summed E-state index contributed by atoms with van der Waals surface area (Å²) in [5, 5.41) is 11.8. The number of H-pyrrole nitrogens is 1. The van der Waals surface area contributed by atoms with E-state index < -0.39 is 11.9 Å². The Morgan fingerprint density at radius 1 is 1.33 bits per heavy atom. The van der Waals surface area contributed by atoms with E-state index >= 15 is 0 Å². The summed E-state index contributed by atoms with van der Waals surface area (Å²) in [5.74, 6) is -0.545. The number of benzene rings is 1. The van der Waals surface area contributed by atoms with Crippen LogP contribution in [0.15, 0.2) is 18.2 Å². The fourth-order valence-corrected chi connectivity index (χ4v) is 4.90. The van der Waals surface area contributed by atoms with Crippen molar-refractivity contribution in [1.82, 2.24) is 14.9 Å². The zero-order valence-corrected chi connectivity index (χ0v) is 17.5. The molecule has 9 heteroatoms. The van der Waals surface area contributed by atoms with Crippen LogP contribution >= 0.6 is 11.8 Å². The number of nitrogens with zero attached hydrogens (tertiary/aromatic N) is 3. The normalized spacial score (nSPS) is 22.1. The lowest BCUT2D eigenvalue weighted by molar-refractivity contribution is -0.146. The van der Waals surface area contributed by atoms with Gasteiger partial charge >= 0.3 is 0 Å². The van der Waals surface area contributed by atoms with E-state index in [-0.39, 0.29) is 29.6 Å². The number of amides is 3. The quantitative estimate of drug-likeness (QED) is 0.687. The van der Waals surface area contributed by atoms with Gasteiger partial charge in [0.25, 0.3) is 0 Å². The topological polar surface area (TPSA) is 119 Å². The summed E-state index contributed by atoms with van der Waals surface area (Å²) in [4.78, 5) is 47.6. The number of rotatable bonds is 6. The second kappa shape index (κ2) is 8.48. The van der Waals surface area contributed by atoms with Crippen LogP contribution in [0.1, 0.15) is 37.7 Å². The number of imidazole rings is 1. The molecule has 2 aliphatic rings. The highest BCUT2D eigenvalue weighted by molar-refractivity contribution is 7.98. The molecule has 4 rings (SSSR count). The van der Waals surface area contributed by atoms with E-state index in [1.807, 2.05) is 6.26 Å². The molecule has 156 valence electrons. The molecule has 8 nitrogen and oxygen atoms in total. The van der Waals surface area contributed by atoms with Crippen LogP contribution in [-0.4, -0.2) is 50.6 Å². The Labute approximate surface area is 178 Å². The van der Waals surface area contributed by atoms with Crippen LogP contribution in [0.4, 0.5) is 5.95 Å². The smallest absolute Gasteiger partial charge is 0.250 e. The predicted molar refractivity (Wildman–Crippen MR) is 114 cm³/mol. The van der Waals surface area contributed by atoms with Crippen molar-refractivity contribution in [2.45, 2.75) is 38.1 Å². The highest BCUT2D eigenvalue weighted by Crippen LogP contribution is 2.39. The Hall–Kier alpha value is -2.86. The Morgan fingerprint density at radius 2 is 2.03 bits per heavy atom. The largest absolute Gasteiger partial charge is 0.324 e. The zero-order valence-electron chi connectivity index (χ0n) is 16.7. The van der Waals surface area contributed by atoms with Crippen LogP contribution in [0.3, 0.4) is 0 Å². The first-order valence-electron chi connectivity index (χ1n) is 10.1. The number of nitrogens with one attached hydrogen (secondary N) is 2. The Morgan fingerprint density at radius 3 is 2.67 bits per heavy atom. The van der Waals surface area contributed by atoms with Gasteiger partial charge in [0.1, 0.15) is 6.04 Å². The molecule has 1 aliphatic heterocycles. The van der Waals surface area contributed by atoms with Crippen molar-refractivity contribution < 1.29 is 14.4 Å². The van der Waals surface area contributed by atoms with Gasteiger partial charge < -0.3 is 4.98 Å². The van der Waals surface area contributed by atoms with E-state index in [9.17, 15) is 14.4 Å². The molecule has 2 fully saturated rings. The van der Waals surface area contributed by atoms with Gasteiger partial charge in [-0.05, 0) is 49.5 Å². The van der Waals surface area contributed by atoms with Crippen molar-refractivity contribution in [3.8, 4) is 6.07 Å². The molecule has 30 heavy (non-hydrogen) atoms. The second-order valence-electron chi connectivity index (χ2n) is 7.76. The number of anilines is 1. The monoisotopic (exact) mass is 425 g/mol. The van der Waals surface area contributed by atoms with Gasteiger partial charge in [0.2, 0.25) is 23.7 Å². The molecule has 0 radical (unpaired) electrons. The van der Waals surface area contributed by atoms with Gasteiger partial charge in [-0.25, -0.2) is 4.98 Å². The first-order chi connectivity index (χ1) is 14.5. The number of fused-ring (bicyclic) bond motifs is 2. The fourth-order valence-electron chi connectivity index (χ4n) is 4.44. The Bertz CT molecular complexity index is 1020. The molecule has 0 bridgehead atoms. The SMILES string of the molecule is CSCCC(C(=O)Nc1nc2ccc(C#N)cc2[nH]1)N1C(=O)C2CCCCC2C1=O. The maximum atomic E-state index is 13.1. The van der Waals surface area contributed by atoms with Crippen LogP contribution in [0.2, 0.25) is 0 Å². The number of imide groups is 1. The molecule has 2 heterocycles. The van der Waals surface area contributed by atoms with Gasteiger partial charge in [0.05, 0.1) is 34.5 Å². The molecular weight excluding hydrogens is 402 g/mol. The van der Waals surface area contributed by atoms with Crippen LogP contribution in [0.25, 0.3) is 11.0 Å². The maximum absolute atomic E-state index is 13.1. The summed E-state index contributed by atoms with van der Waals surface area (Å²) in [6, 6.07) is 6.21. The number of carbonyl (C=O) groups excluding carboxylic acids is 3. The van der Waals surface area contributed by atoms with Crippen molar-refractivity contribution in [1.29, 1.82) is 5.26 Å². The summed E-state index contributed by atoms with van der Waals surface area (Å²) < 4.78 is 0. The van der Waals surface area contributed by atoms with Gasteiger partial charge in [0.15, 0.2) is 0 Å². The first-order valence-corrected chi connectivity index (χ1v) is 11.5. The lowest BCUT2D eigenvalue weighted by Crippen LogP contribution is -2.48. The number of nitriles is 1. The fraction of sp³-hybridized carbons (Fsp3) is 0.476. The molecule has 1 aliphatic carbocycles. The molecule has 1 aromatic heterocycles. The van der Waals surface area contributed by atoms with E-state index in [0.717, 1.165) is 12.8 Å². The lowest BCUT2D eigenvalue weighted by atomic mass is 9.81. The molecule has 1 saturated heterocycles. The number of hydrogen-bond acceptors (Lipinski definition) is 6. The average molecular weight is 426 g/mol. The van der Waals surface area contributed by atoms with Crippen molar-refractivity contribution >= 4 is 46.5 Å². The van der Waals surface area contributed by atoms with Gasteiger partial charge in [-0.2, -0.15) is 17.0 Å². The van der Waals surface area contributed by atoms with Gasteiger partial charge in [-0.3, -0.25) is 24.6 Å². The number of hydrogen-bond donors (Lipinski definition) is 2. The van der Waals surface area contributed by atoms with Crippen molar-refractivity contribution in [2.24, 2.45) is 11.8 Å². The van der Waals surface area contributed by atoms with Crippen LogP contribution in [0.5, 0.6) is 0 Å². The van der Waals surface area contributed by atoms with Gasteiger partial charge in [-0.1, -0.05) is 12.8 Å². The van der Waals surface area contributed by atoms with Gasteiger partial charge in [0, 0.05) is 0 Å². The highest BCUT2D eigenvalue weighted by Gasteiger charge is 2.51. The van der Waals surface area contributed by atoms with E-state index in [4.69, 9.17) is 5.26 Å². The molecule has 3 atom stereocenters. The van der Waals surface area contributed by atoms with Crippen molar-refractivity contribution in [3.63, 3.8) is 0 Å². The molecule has 1 aromatic carbocycles. The lowest BCUT2D eigenvalue weighted by Gasteiger charge is -2.25. The van der Waals surface area contributed by atoms with E-state index in [0.29, 0.717) is 41.6 Å². The zero-order chi connectivity index (χ0) is 21.3. The van der Waals surface area contributed by atoms with E-state index in [1.165, 1.54) is 4.90 Å². The second-order valence-corrected chi connectivity index (χ2v) is 8.75. The summed E-state index contributed by atoms with van der Waals surface area (Å²) in [6.07, 6.45) is 5.64. The minimum Gasteiger partial charge on any atom is -0.324 e. The number of thioether (sulfide) groups is 1. The Balaban J connectivity index is 1.57. The van der Waals surface area contributed by atoms with E-state index in [2.05, 4.69) is 21.4 Å². The number of aromatic nitrogens is 2. The summed E-state index contributed by atoms with van der Waals surface area (Å²) in [6.45, 7) is 0. The van der Waals surface area contributed by atoms with Crippen LogP contribution in [0, 0.1) is 23.2 Å². The summed E-state index contributed by atoms with van der Waals surface area (Å²) >= 11 is 1.56. The van der Waals surface area contributed by atoms with Gasteiger partial charge in [-0.15, -0.1) is 0 Å². The predicted octanol–water partition coefficient (Wildman–Crippen LogP) is 2.67.